The summed E-state index contributed by atoms with van der Waals surface area (Å²) in [6, 6.07) is 7.97. The third-order valence-corrected chi connectivity index (χ3v) is 4.01. The van der Waals surface area contributed by atoms with E-state index >= 15 is 0 Å². The molecular weight excluding hydrogens is 330 g/mol. The lowest BCUT2D eigenvalue weighted by Gasteiger charge is -2.18. The molecule has 1 rings (SSSR count). The van der Waals surface area contributed by atoms with Crippen molar-refractivity contribution in [3.8, 4) is 5.75 Å². The van der Waals surface area contributed by atoms with Crippen LogP contribution in [0.1, 0.15) is 38.7 Å². The minimum Gasteiger partial charge on any atom is -0.491 e. The Morgan fingerprint density at radius 1 is 1.19 bits per heavy atom. The second-order valence-corrected chi connectivity index (χ2v) is 6.23. The highest BCUT2D eigenvalue weighted by atomic mass is 16.5. The van der Waals surface area contributed by atoms with Gasteiger partial charge in [-0.1, -0.05) is 25.5 Å². The molecule has 148 valence electrons. The lowest BCUT2D eigenvalue weighted by Crippen LogP contribution is -2.40. The summed E-state index contributed by atoms with van der Waals surface area (Å²) in [6.45, 7) is 7.78. The number of aliphatic imine (C=N–C) groups is 1. The molecule has 0 heterocycles. The van der Waals surface area contributed by atoms with Crippen LogP contribution in [0.5, 0.6) is 5.75 Å². The number of aliphatic hydroxyl groups is 1. The Morgan fingerprint density at radius 3 is 2.73 bits per heavy atom. The number of aliphatic hydroxyl groups excluding tert-OH is 1. The monoisotopic (exact) mass is 365 g/mol. The molecule has 0 spiro atoms. The molecule has 6 heteroatoms. The average molecular weight is 366 g/mol. The van der Waals surface area contributed by atoms with Crippen LogP contribution in [0, 0.1) is 5.92 Å². The van der Waals surface area contributed by atoms with E-state index in [-0.39, 0.29) is 6.61 Å². The molecule has 0 saturated heterocycles. The molecule has 0 fully saturated rings. The molecule has 0 radical (unpaired) electrons. The topological polar surface area (TPSA) is 75.1 Å². The Morgan fingerprint density at radius 2 is 2.04 bits per heavy atom. The van der Waals surface area contributed by atoms with Gasteiger partial charge in [0.05, 0.1) is 13.2 Å². The van der Waals surface area contributed by atoms with Gasteiger partial charge in [-0.3, -0.25) is 0 Å². The van der Waals surface area contributed by atoms with E-state index in [9.17, 15) is 5.11 Å². The predicted molar refractivity (Wildman–Crippen MR) is 107 cm³/mol. The first-order chi connectivity index (χ1) is 12.7. The molecule has 1 atom stereocenters. The molecule has 0 aliphatic rings. The molecule has 0 amide bonds. The van der Waals surface area contributed by atoms with Crippen molar-refractivity contribution in [3.63, 3.8) is 0 Å². The Kier molecular flexibility index (Phi) is 12.3. The maximum Gasteiger partial charge on any atom is 0.191 e. The first-order valence-corrected chi connectivity index (χ1v) is 9.57. The van der Waals surface area contributed by atoms with Crippen molar-refractivity contribution < 1.29 is 14.6 Å². The van der Waals surface area contributed by atoms with Crippen molar-refractivity contribution >= 4 is 5.96 Å². The summed E-state index contributed by atoms with van der Waals surface area (Å²) in [6.07, 6.45) is 3.05. The minimum atomic E-state index is 0.232. The van der Waals surface area contributed by atoms with Crippen LogP contribution >= 0.6 is 0 Å². The van der Waals surface area contributed by atoms with Gasteiger partial charge in [-0.25, -0.2) is 4.99 Å². The summed E-state index contributed by atoms with van der Waals surface area (Å²) in [7, 11) is 1.66. The van der Waals surface area contributed by atoms with Crippen molar-refractivity contribution in [3.05, 3.63) is 29.8 Å². The molecular formula is C20H35N3O3. The number of rotatable bonds is 13. The Balaban J connectivity index is 2.60. The number of benzene rings is 1. The van der Waals surface area contributed by atoms with E-state index in [1.807, 2.05) is 24.3 Å². The summed E-state index contributed by atoms with van der Waals surface area (Å²) in [5.41, 5.74) is 1.09. The SMILES string of the molecule is CCCC(CCO)CNC(=NCc1cccc(OCCOC)c1)NCC. The largest absolute Gasteiger partial charge is 0.491 e. The number of hydrogen-bond donors (Lipinski definition) is 3. The van der Waals surface area contributed by atoms with Crippen molar-refractivity contribution in [2.24, 2.45) is 10.9 Å². The summed E-state index contributed by atoms with van der Waals surface area (Å²) >= 11 is 0. The van der Waals surface area contributed by atoms with Gasteiger partial charge in [-0.15, -0.1) is 0 Å². The molecule has 1 unspecified atom stereocenters. The van der Waals surface area contributed by atoms with E-state index in [4.69, 9.17) is 9.47 Å². The maximum atomic E-state index is 9.19. The zero-order valence-electron chi connectivity index (χ0n) is 16.5. The van der Waals surface area contributed by atoms with Gasteiger partial charge < -0.3 is 25.2 Å². The first kappa shape index (κ1) is 22.3. The zero-order valence-corrected chi connectivity index (χ0v) is 16.5. The summed E-state index contributed by atoms with van der Waals surface area (Å²) < 4.78 is 10.6. The quantitative estimate of drug-likeness (QED) is 0.285. The van der Waals surface area contributed by atoms with E-state index in [0.717, 1.165) is 49.6 Å². The Bertz CT molecular complexity index is 503. The predicted octanol–water partition coefficient (Wildman–Crippen LogP) is 2.57. The lowest BCUT2D eigenvalue weighted by molar-refractivity contribution is 0.146. The van der Waals surface area contributed by atoms with E-state index in [2.05, 4.69) is 29.5 Å². The van der Waals surface area contributed by atoms with Gasteiger partial charge in [0, 0.05) is 26.8 Å². The van der Waals surface area contributed by atoms with Crippen molar-refractivity contribution in [2.45, 2.75) is 39.7 Å². The smallest absolute Gasteiger partial charge is 0.191 e. The van der Waals surface area contributed by atoms with Gasteiger partial charge in [0.1, 0.15) is 12.4 Å². The molecule has 0 aliphatic heterocycles. The number of nitrogens with one attached hydrogen (secondary N) is 2. The molecule has 1 aromatic rings. The van der Waals surface area contributed by atoms with Gasteiger partial charge in [0.2, 0.25) is 0 Å². The average Bonchev–Trinajstić information content (AvgIpc) is 2.65. The van der Waals surface area contributed by atoms with Gasteiger partial charge in [-0.2, -0.15) is 0 Å². The van der Waals surface area contributed by atoms with Crippen LogP contribution in [0.25, 0.3) is 0 Å². The van der Waals surface area contributed by atoms with Crippen molar-refractivity contribution in [2.75, 3.05) is 40.0 Å². The van der Waals surface area contributed by atoms with E-state index in [1.165, 1.54) is 0 Å². The zero-order chi connectivity index (χ0) is 19.0. The highest BCUT2D eigenvalue weighted by Crippen LogP contribution is 2.14. The second kappa shape index (κ2) is 14.4. The van der Waals surface area contributed by atoms with Crippen LogP contribution < -0.4 is 15.4 Å². The normalized spacial score (nSPS) is 12.7. The van der Waals surface area contributed by atoms with Crippen LogP contribution in [0.15, 0.2) is 29.3 Å². The van der Waals surface area contributed by atoms with Gasteiger partial charge in [0.15, 0.2) is 5.96 Å². The minimum absolute atomic E-state index is 0.232. The Labute approximate surface area is 158 Å². The van der Waals surface area contributed by atoms with Crippen LogP contribution in [0.4, 0.5) is 0 Å². The molecule has 0 aliphatic carbocycles. The van der Waals surface area contributed by atoms with Crippen LogP contribution in [0.3, 0.4) is 0 Å². The molecule has 1 aromatic carbocycles. The van der Waals surface area contributed by atoms with Gasteiger partial charge in [-0.05, 0) is 43.4 Å². The standard InChI is InChI=1S/C20H35N3O3/c1-4-7-17(10-11-24)15-22-20(21-5-2)23-16-18-8-6-9-19(14-18)26-13-12-25-3/h6,8-9,14,17,24H,4-5,7,10-13,15-16H2,1-3H3,(H2,21,22,23). The third-order valence-electron chi connectivity index (χ3n) is 4.01. The fourth-order valence-corrected chi connectivity index (χ4v) is 2.67. The molecule has 6 nitrogen and oxygen atoms in total. The number of methoxy groups -OCH3 is 1. The first-order valence-electron chi connectivity index (χ1n) is 9.57. The van der Waals surface area contributed by atoms with E-state index < -0.39 is 0 Å². The maximum absolute atomic E-state index is 9.19. The van der Waals surface area contributed by atoms with Crippen molar-refractivity contribution in [1.29, 1.82) is 0 Å². The number of nitrogens with zero attached hydrogens (tertiary/aromatic N) is 1. The lowest BCUT2D eigenvalue weighted by atomic mass is 10.0. The summed E-state index contributed by atoms with van der Waals surface area (Å²) in [5, 5.41) is 15.9. The third kappa shape index (κ3) is 9.63. The molecule has 0 aromatic heterocycles. The van der Waals surface area contributed by atoms with Crippen molar-refractivity contribution in [1.82, 2.24) is 10.6 Å². The number of ether oxygens (including phenoxy) is 2. The summed E-state index contributed by atoms with van der Waals surface area (Å²) in [5.74, 6) is 2.10. The van der Waals surface area contributed by atoms with Crippen LogP contribution in [0.2, 0.25) is 0 Å². The molecule has 0 saturated carbocycles. The molecule has 26 heavy (non-hydrogen) atoms. The fraction of sp³-hybridized carbons (Fsp3) is 0.650. The number of hydrogen-bond acceptors (Lipinski definition) is 4. The summed E-state index contributed by atoms with van der Waals surface area (Å²) in [4.78, 5) is 4.67. The van der Waals surface area contributed by atoms with Gasteiger partial charge in [0.25, 0.3) is 0 Å². The van der Waals surface area contributed by atoms with Crippen LogP contribution in [-0.2, 0) is 11.3 Å². The fourth-order valence-electron chi connectivity index (χ4n) is 2.67. The molecule has 0 bridgehead atoms. The highest BCUT2D eigenvalue weighted by Gasteiger charge is 2.08. The van der Waals surface area contributed by atoms with E-state index in [0.29, 0.717) is 25.7 Å². The number of guanidine groups is 1. The highest BCUT2D eigenvalue weighted by molar-refractivity contribution is 5.79. The van der Waals surface area contributed by atoms with E-state index in [1.54, 1.807) is 7.11 Å². The Hall–Kier alpha value is -1.79. The molecule has 3 N–H and O–H groups in total. The second-order valence-electron chi connectivity index (χ2n) is 6.23. The van der Waals surface area contributed by atoms with Gasteiger partial charge >= 0.3 is 0 Å². The van der Waals surface area contributed by atoms with Crippen LogP contribution in [-0.4, -0.2) is 51.1 Å².